The van der Waals surface area contributed by atoms with Crippen molar-refractivity contribution in [1.82, 2.24) is 15.2 Å². The lowest BCUT2D eigenvalue weighted by Gasteiger charge is -2.14. The number of nitrogens with one attached hydrogen (secondary N) is 2. The number of nitriles is 2. The second-order valence-electron chi connectivity index (χ2n) is 9.45. The predicted molar refractivity (Wildman–Crippen MR) is 166 cm³/mol. The molecule has 14 heteroatoms. The van der Waals surface area contributed by atoms with Crippen molar-refractivity contribution >= 4 is 56.6 Å². The minimum Gasteiger partial charge on any atom is -0.383 e. The van der Waals surface area contributed by atoms with Crippen LogP contribution in [0.25, 0.3) is 11.1 Å². The van der Waals surface area contributed by atoms with E-state index in [0.717, 1.165) is 5.56 Å². The van der Waals surface area contributed by atoms with Gasteiger partial charge in [0.2, 0.25) is 5.91 Å². The van der Waals surface area contributed by atoms with Crippen molar-refractivity contribution in [3.63, 3.8) is 0 Å². The van der Waals surface area contributed by atoms with E-state index in [-0.39, 0.29) is 50.9 Å². The number of anilines is 3. The second kappa shape index (κ2) is 13.5. The van der Waals surface area contributed by atoms with Crippen molar-refractivity contribution in [3.8, 4) is 23.3 Å². The fraction of sp³-hybridized carbons (Fsp3) is 0.172. The molecule has 0 aliphatic heterocycles. The van der Waals surface area contributed by atoms with Crippen molar-refractivity contribution in [2.75, 3.05) is 21.5 Å². The predicted octanol–water partition coefficient (Wildman–Crippen LogP) is 5.56. The fourth-order valence-electron chi connectivity index (χ4n) is 3.97. The average molecular weight is 633 g/mol. The van der Waals surface area contributed by atoms with Gasteiger partial charge >= 0.3 is 0 Å². The van der Waals surface area contributed by atoms with Gasteiger partial charge in [-0.05, 0) is 53.4 Å². The molecule has 1 amide bonds. The third kappa shape index (κ3) is 7.59. The highest BCUT2D eigenvalue weighted by atomic mass is 35.5. The van der Waals surface area contributed by atoms with Gasteiger partial charge in [-0.25, -0.2) is 13.4 Å². The van der Waals surface area contributed by atoms with E-state index in [0.29, 0.717) is 27.8 Å². The molecule has 0 unspecified atom stereocenters. The number of pyridine rings is 1. The standard InChI is InChI=1S/C29H25ClN8O3S2/c1-17(2)18-3-5-19(6-4-18)27-22(15-31)28(33)35-29(23(27)16-32)42-14-13-26(39)34-20-7-9-21(10-8-20)43(40,41)38-25-12-11-24(30)36-37-25/h3-12,17H,13-14H2,1-2H3,(H2,33,35)(H,34,39)(H,37,38). The molecule has 4 aromatic rings. The normalized spacial score (nSPS) is 11.0. The molecular weight excluding hydrogens is 608 g/mol. The lowest BCUT2D eigenvalue weighted by atomic mass is 9.94. The first-order valence-corrected chi connectivity index (χ1v) is 15.7. The van der Waals surface area contributed by atoms with Gasteiger partial charge in [-0.2, -0.15) is 10.5 Å². The van der Waals surface area contributed by atoms with Gasteiger partial charge in [-0.3, -0.25) is 9.52 Å². The number of halogens is 1. The van der Waals surface area contributed by atoms with Crippen LogP contribution in [0, 0.1) is 22.7 Å². The van der Waals surface area contributed by atoms with Gasteiger partial charge in [-0.1, -0.05) is 49.7 Å². The maximum atomic E-state index is 12.6. The molecule has 0 fully saturated rings. The third-order valence-corrected chi connectivity index (χ3v) is 8.72. The van der Waals surface area contributed by atoms with E-state index in [1.54, 1.807) is 0 Å². The molecule has 4 rings (SSSR count). The zero-order valence-corrected chi connectivity index (χ0v) is 25.4. The van der Waals surface area contributed by atoms with Crippen LogP contribution in [0.4, 0.5) is 17.3 Å². The van der Waals surface area contributed by atoms with E-state index in [2.05, 4.69) is 51.2 Å². The van der Waals surface area contributed by atoms with Gasteiger partial charge in [0.25, 0.3) is 10.0 Å². The summed E-state index contributed by atoms with van der Waals surface area (Å²) in [7, 11) is -3.94. The number of hydrogen-bond acceptors (Lipinski definition) is 10. The summed E-state index contributed by atoms with van der Waals surface area (Å²) in [5.74, 6) is 0.265. The Morgan fingerprint density at radius 1 is 1.00 bits per heavy atom. The Morgan fingerprint density at radius 2 is 1.67 bits per heavy atom. The molecule has 0 aliphatic carbocycles. The summed E-state index contributed by atoms with van der Waals surface area (Å²) in [6.45, 7) is 4.15. The molecule has 2 aromatic carbocycles. The maximum absolute atomic E-state index is 12.6. The molecule has 0 bridgehead atoms. The summed E-state index contributed by atoms with van der Waals surface area (Å²) in [6, 6.07) is 20.2. The third-order valence-electron chi connectivity index (χ3n) is 6.17. The number of nitrogens with two attached hydrogens (primary N) is 1. The summed E-state index contributed by atoms with van der Waals surface area (Å²) in [6.07, 6.45) is 0.0619. The summed E-state index contributed by atoms with van der Waals surface area (Å²) < 4.78 is 27.5. The van der Waals surface area contributed by atoms with Crippen LogP contribution in [0.2, 0.25) is 5.15 Å². The molecule has 2 aromatic heterocycles. The molecule has 0 saturated heterocycles. The monoisotopic (exact) mass is 632 g/mol. The largest absolute Gasteiger partial charge is 0.383 e. The van der Waals surface area contributed by atoms with E-state index in [9.17, 15) is 23.7 Å². The summed E-state index contributed by atoms with van der Waals surface area (Å²) >= 11 is 6.85. The molecule has 43 heavy (non-hydrogen) atoms. The molecule has 0 saturated carbocycles. The molecule has 218 valence electrons. The van der Waals surface area contributed by atoms with Crippen LogP contribution in [-0.2, 0) is 14.8 Å². The quantitative estimate of drug-likeness (QED) is 0.187. The van der Waals surface area contributed by atoms with Gasteiger partial charge in [0.05, 0.1) is 10.5 Å². The number of carbonyl (C=O) groups excluding carboxylic acids is 1. The lowest BCUT2D eigenvalue weighted by molar-refractivity contribution is -0.115. The molecule has 4 N–H and O–H groups in total. The van der Waals surface area contributed by atoms with Crippen molar-refractivity contribution < 1.29 is 13.2 Å². The highest BCUT2D eigenvalue weighted by Crippen LogP contribution is 2.36. The topological polar surface area (TPSA) is 188 Å². The zero-order chi connectivity index (χ0) is 31.1. The van der Waals surface area contributed by atoms with E-state index in [1.165, 1.54) is 48.2 Å². The first kappa shape index (κ1) is 31.3. The Hall–Kier alpha value is -4.69. The summed E-state index contributed by atoms with van der Waals surface area (Å²) in [5.41, 5.74) is 9.03. The first-order valence-electron chi connectivity index (χ1n) is 12.8. The van der Waals surface area contributed by atoms with E-state index >= 15 is 0 Å². The summed E-state index contributed by atoms with van der Waals surface area (Å²) in [4.78, 5) is 16.9. The first-order chi connectivity index (χ1) is 20.5. The molecule has 0 atom stereocenters. The van der Waals surface area contributed by atoms with Gasteiger partial charge in [0.15, 0.2) is 11.0 Å². The van der Waals surface area contributed by atoms with Crippen molar-refractivity contribution in [3.05, 3.63) is 82.5 Å². The molecular formula is C29H25ClN8O3S2. The number of hydrogen-bond donors (Lipinski definition) is 3. The minimum absolute atomic E-state index is 0.00373. The van der Waals surface area contributed by atoms with E-state index < -0.39 is 10.0 Å². The Morgan fingerprint density at radius 3 is 2.26 bits per heavy atom. The Bertz CT molecular complexity index is 1830. The molecule has 0 radical (unpaired) electrons. The number of thioether (sulfide) groups is 1. The number of aromatic nitrogens is 3. The van der Waals surface area contributed by atoms with Gasteiger partial charge in [-0.15, -0.1) is 22.0 Å². The smallest absolute Gasteiger partial charge is 0.263 e. The number of nitrogen functional groups attached to an aromatic ring is 1. The second-order valence-corrected chi connectivity index (χ2v) is 12.6. The van der Waals surface area contributed by atoms with E-state index in [1.807, 2.05) is 24.3 Å². The fourth-order valence-corrected chi connectivity index (χ4v) is 6.01. The number of rotatable bonds is 10. The number of amides is 1. The van der Waals surface area contributed by atoms with Gasteiger partial charge < -0.3 is 11.1 Å². The Kier molecular flexibility index (Phi) is 9.83. The number of nitrogens with zero attached hydrogens (tertiary/aromatic N) is 5. The molecule has 2 heterocycles. The zero-order valence-electron chi connectivity index (χ0n) is 23.0. The SMILES string of the molecule is CC(C)c1ccc(-c2c(C#N)c(N)nc(SCCC(=O)Nc3ccc(S(=O)(=O)Nc4ccc(Cl)nn4)cc3)c2C#N)cc1. The van der Waals surface area contributed by atoms with Crippen LogP contribution in [0.1, 0.15) is 42.9 Å². The van der Waals surface area contributed by atoms with Crippen LogP contribution < -0.4 is 15.8 Å². The van der Waals surface area contributed by atoms with Crippen LogP contribution in [0.5, 0.6) is 0 Å². The summed E-state index contributed by atoms with van der Waals surface area (Å²) in [5, 5.41) is 30.2. The van der Waals surface area contributed by atoms with Crippen molar-refractivity contribution in [2.24, 2.45) is 0 Å². The van der Waals surface area contributed by atoms with Crippen molar-refractivity contribution in [2.45, 2.75) is 36.1 Å². The highest BCUT2D eigenvalue weighted by molar-refractivity contribution is 7.99. The van der Waals surface area contributed by atoms with Crippen LogP contribution >= 0.6 is 23.4 Å². The van der Waals surface area contributed by atoms with Gasteiger partial charge in [0.1, 0.15) is 28.5 Å². The maximum Gasteiger partial charge on any atom is 0.263 e. The van der Waals surface area contributed by atoms with E-state index in [4.69, 9.17) is 17.3 Å². The van der Waals surface area contributed by atoms with Crippen molar-refractivity contribution in [1.29, 1.82) is 10.5 Å². The number of carbonyl (C=O) groups is 1. The van der Waals surface area contributed by atoms with Gasteiger partial charge in [0, 0.05) is 23.4 Å². The van der Waals surface area contributed by atoms with Crippen LogP contribution in [-0.4, -0.2) is 35.3 Å². The molecule has 0 spiro atoms. The number of benzene rings is 2. The van der Waals surface area contributed by atoms with Crippen LogP contribution in [0.15, 0.2) is 70.6 Å². The molecule has 11 nitrogen and oxygen atoms in total. The Labute approximate surface area is 258 Å². The van der Waals surface area contributed by atoms with Crippen LogP contribution in [0.3, 0.4) is 0 Å². The number of sulfonamides is 1. The average Bonchev–Trinajstić information content (AvgIpc) is 2.98. The minimum atomic E-state index is -3.94. The highest BCUT2D eigenvalue weighted by Gasteiger charge is 2.21. The Balaban J connectivity index is 1.42. The molecule has 0 aliphatic rings. The lowest BCUT2D eigenvalue weighted by Crippen LogP contribution is -2.15.